The molecule has 0 spiro atoms. The molecular weight excluding hydrogens is 324 g/mol. The zero-order chi connectivity index (χ0) is 15.5. The van der Waals surface area contributed by atoms with Gasteiger partial charge in [0.2, 0.25) is 5.89 Å². The Bertz CT molecular complexity index is 839. The lowest BCUT2D eigenvalue weighted by atomic mass is 10.2. The monoisotopic (exact) mass is 336 g/mol. The van der Waals surface area contributed by atoms with Crippen molar-refractivity contribution in [3.8, 4) is 0 Å². The zero-order valence-corrected chi connectivity index (χ0v) is 13.4. The summed E-state index contributed by atoms with van der Waals surface area (Å²) in [6.07, 6.45) is 3.01. The molecule has 0 aliphatic rings. The largest absolute Gasteiger partial charge is 0.337 e. The number of nitrogens with zero attached hydrogens (tertiary/aromatic N) is 4. The molecule has 0 bridgehead atoms. The van der Waals surface area contributed by atoms with Crippen molar-refractivity contribution in [1.29, 1.82) is 0 Å². The summed E-state index contributed by atoms with van der Waals surface area (Å²) in [5.41, 5.74) is 0.888. The minimum Gasteiger partial charge on any atom is -0.337 e. The van der Waals surface area contributed by atoms with Gasteiger partial charge in [0.05, 0.1) is 0 Å². The third-order valence-electron chi connectivity index (χ3n) is 3.08. The van der Waals surface area contributed by atoms with Crippen LogP contribution in [0.2, 0.25) is 5.02 Å². The Morgan fingerprint density at radius 3 is 3.05 bits per heavy atom. The van der Waals surface area contributed by atoms with Gasteiger partial charge in [0.15, 0.2) is 5.82 Å². The Labute approximate surface area is 135 Å². The van der Waals surface area contributed by atoms with Crippen LogP contribution in [0.1, 0.15) is 22.2 Å². The average molecular weight is 337 g/mol. The molecule has 0 atom stereocenters. The van der Waals surface area contributed by atoms with Gasteiger partial charge < -0.3 is 4.52 Å². The van der Waals surface area contributed by atoms with Crippen molar-refractivity contribution in [2.24, 2.45) is 0 Å². The number of hydrogen-bond donors (Lipinski definition) is 0. The highest BCUT2D eigenvalue weighted by Crippen LogP contribution is 2.14. The van der Waals surface area contributed by atoms with E-state index >= 15 is 0 Å². The first-order valence-corrected chi connectivity index (χ1v) is 7.94. The van der Waals surface area contributed by atoms with Gasteiger partial charge >= 0.3 is 0 Å². The second kappa shape index (κ2) is 6.41. The molecule has 0 N–H and O–H groups in total. The predicted molar refractivity (Wildman–Crippen MR) is 83.4 cm³/mol. The summed E-state index contributed by atoms with van der Waals surface area (Å²) in [7, 11) is 0. The van der Waals surface area contributed by atoms with Crippen LogP contribution in [-0.4, -0.2) is 19.9 Å². The van der Waals surface area contributed by atoms with E-state index in [0.717, 1.165) is 6.42 Å². The van der Waals surface area contributed by atoms with Gasteiger partial charge in [-0.2, -0.15) is 10.1 Å². The fourth-order valence-corrected chi connectivity index (χ4v) is 2.90. The molecule has 0 amide bonds. The van der Waals surface area contributed by atoms with Gasteiger partial charge in [-0.1, -0.05) is 16.8 Å². The number of aromatic nitrogens is 4. The lowest BCUT2D eigenvalue weighted by molar-refractivity contribution is 0.358. The highest BCUT2D eigenvalue weighted by molar-refractivity contribution is 7.10. The molecule has 3 heterocycles. The van der Waals surface area contributed by atoms with Gasteiger partial charge in [0.1, 0.15) is 11.6 Å². The van der Waals surface area contributed by atoms with Gasteiger partial charge in [0.25, 0.3) is 5.56 Å². The van der Waals surface area contributed by atoms with E-state index in [1.807, 2.05) is 0 Å². The van der Waals surface area contributed by atoms with Crippen molar-refractivity contribution in [2.75, 3.05) is 0 Å². The molecule has 3 aromatic heterocycles. The molecule has 114 valence electrons. The van der Waals surface area contributed by atoms with Crippen molar-refractivity contribution < 1.29 is 4.52 Å². The summed E-state index contributed by atoms with van der Waals surface area (Å²) in [4.78, 5) is 17.3. The standard InChI is InChI=1S/C14H13ClN4O2S/c1-9-6-10(8-22-9)2-3-12-17-13(21-18-12)7-19-14(20)11(15)4-5-16-19/h4-6,8H,2-3,7H2,1H3. The lowest BCUT2D eigenvalue weighted by Gasteiger charge is -1.99. The summed E-state index contributed by atoms with van der Waals surface area (Å²) in [5.74, 6) is 0.960. The van der Waals surface area contributed by atoms with E-state index in [1.54, 1.807) is 11.3 Å². The highest BCUT2D eigenvalue weighted by Gasteiger charge is 2.10. The number of halogens is 1. The molecule has 3 rings (SSSR count). The molecule has 0 aliphatic carbocycles. The summed E-state index contributed by atoms with van der Waals surface area (Å²) in [6, 6.07) is 3.60. The number of rotatable bonds is 5. The van der Waals surface area contributed by atoms with Crippen molar-refractivity contribution >= 4 is 22.9 Å². The van der Waals surface area contributed by atoms with Crippen LogP contribution in [0.25, 0.3) is 0 Å². The van der Waals surface area contributed by atoms with Crippen LogP contribution in [0.3, 0.4) is 0 Å². The molecule has 3 aromatic rings. The first-order valence-electron chi connectivity index (χ1n) is 6.69. The fraction of sp³-hybridized carbons (Fsp3) is 0.286. The summed E-state index contributed by atoms with van der Waals surface area (Å²) < 4.78 is 6.35. The van der Waals surface area contributed by atoms with Crippen molar-refractivity contribution in [3.05, 3.63) is 61.2 Å². The van der Waals surface area contributed by atoms with E-state index in [-0.39, 0.29) is 17.1 Å². The molecule has 8 heteroatoms. The van der Waals surface area contributed by atoms with E-state index in [0.29, 0.717) is 18.1 Å². The van der Waals surface area contributed by atoms with E-state index in [2.05, 4.69) is 33.6 Å². The van der Waals surface area contributed by atoms with Crippen molar-refractivity contribution in [2.45, 2.75) is 26.3 Å². The van der Waals surface area contributed by atoms with Gasteiger partial charge in [0, 0.05) is 17.5 Å². The maximum atomic E-state index is 11.8. The van der Waals surface area contributed by atoms with Crippen LogP contribution >= 0.6 is 22.9 Å². The van der Waals surface area contributed by atoms with Crippen LogP contribution in [0.4, 0.5) is 0 Å². The number of hydrogen-bond acceptors (Lipinski definition) is 6. The minimum atomic E-state index is -0.377. The predicted octanol–water partition coefficient (Wildman–Crippen LogP) is 2.48. The second-order valence-electron chi connectivity index (χ2n) is 4.81. The topological polar surface area (TPSA) is 73.8 Å². The van der Waals surface area contributed by atoms with Gasteiger partial charge in [-0.3, -0.25) is 4.79 Å². The Morgan fingerprint density at radius 1 is 1.41 bits per heavy atom. The molecule has 0 aromatic carbocycles. The average Bonchev–Trinajstić information content (AvgIpc) is 3.11. The molecule has 6 nitrogen and oxygen atoms in total. The Hall–Kier alpha value is -1.99. The van der Waals surface area contributed by atoms with Crippen LogP contribution in [-0.2, 0) is 19.4 Å². The van der Waals surface area contributed by atoms with Crippen LogP contribution in [0, 0.1) is 6.92 Å². The maximum Gasteiger partial charge on any atom is 0.285 e. The second-order valence-corrected chi connectivity index (χ2v) is 6.33. The quantitative estimate of drug-likeness (QED) is 0.715. The molecule has 0 fully saturated rings. The Morgan fingerprint density at radius 2 is 2.27 bits per heavy atom. The van der Waals surface area contributed by atoms with Crippen LogP contribution in [0.15, 0.2) is 33.0 Å². The third-order valence-corrected chi connectivity index (χ3v) is 4.28. The number of thiophene rings is 1. The van der Waals surface area contributed by atoms with Crippen LogP contribution < -0.4 is 5.56 Å². The van der Waals surface area contributed by atoms with E-state index in [9.17, 15) is 4.79 Å². The summed E-state index contributed by atoms with van der Waals surface area (Å²) >= 11 is 7.49. The van der Waals surface area contributed by atoms with Crippen molar-refractivity contribution in [3.63, 3.8) is 0 Å². The maximum absolute atomic E-state index is 11.8. The normalized spacial score (nSPS) is 11.0. The Balaban J connectivity index is 1.66. The molecule has 22 heavy (non-hydrogen) atoms. The SMILES string of the molecule is Cc1cc(CCc2noc(Cn3nccc(Cl)c3=O)n2)cs1. The first kappa shape index (κ1) is 14.9. The molecular formula is C14H13ClN4O2S. The molecule has 0 unspecified atom stereocenters. The minimum absolute atomic E-state index is 0.113. The molecule has 0 saturated heterocycles. The number of aryl methyl sites for hydroxylation is 3. The smallest absolute Gasteiger partial charge is 0.285 e. The van der Waals surface area contributed by atoms with Crippen LogP contribution in [0.5, 0.6) is 0 Å². The van der Waals surface area contributed by atoms with E-state index in [4.69, 9.17) is 16.1 Å². The van der Waals surface area contributed by atoms with Gasteiger partial charge in [-0.05, 0) is 36.4 Å². The summed E-state index contributed by atoms with van der Waals surface area (Å²) in [6.45, 7) is 2.19. The lowest BCUT2D eigenvalue weighted by Crippen LogP contribution is -2.23. The molecule has 0 saturated carbocycles. The van der Waals surface area contributed by atoms with Gasteiger partial charge in [-0.25, -0.2) is 4.68 Å². The molecule has 0 radical (unpaired) electrons. The third kappa shape index (κ3) is 3.42. The van der Waals surface area contributed by atoms with E-state index < -0.39 is 0 Å². The zero-order valence-electron chi connectivity index (χ0n) is 11.8. The Kier molecular flexibility index (Phi) is 4.35. The first-order chi connectivity index (χ1) is 10.6. The summed E-state index contributed by atoms with van der Waals surface area (Å²) in [5, 5.41) is 10.1. The van der Waals surface area contributed by atoms with E-state index in [1.165, 1.54) is 27.4 Å². The van der Waals surface area contributed by atoms with Gasteiger partial charge in [-0.15, -0.1) is 11.3 Å². The fourth-order valence-electron chi connectivity index (χ4n) is 2.01. The van der Waals surface area contributed by atoms with Crippen molar-refractivity contribution in [1.82, 2.24) is 19.9 Å². The highest BCUT2D eigenvalue weighted by atomic mass is 35.5. The molecule has 0 aliphatic heterocycles.